The molecule has 0 saturated carbocycles. The standard InChI is InChI=1S/C15H15FO3S/c1-18-13-5-7-14(8-6-13)19-9-10-20(17)15-4-2-3-12(16)11-15/h2-8,11H,9-10H2,1H3. The first-order valence-electron chi connectivity index (χ1n) is 6.10. The van der Waals surface area contributed by atoms with E-state index >= 15 is 0 Å². The van der Waals surface area contributed by atoms with Crippen LogP contribution in [-0.4, -0.2) is 23.7 Å². The number of ether oxygens (including phenoxy) is 2. The largest absolute Gasteiger partial charge is 0.497 e. The maximum atomic E-state index is 13.0. The van der Waals surface area contributed by atoms with Gasteiger partial charge >= 0.3 is 0 Å². The van der Waals surface area contributed by atoms with Gasteiger partial charge in [-0.1, -0.05) is 6.07 Å². The molecule has 5 heteroatoms. The van der Waals surface area contributed by atoms with Crippen LogP contribution in [0.4, 0.5) is 4.39 Å². The third-order valence-electron chi connectivity index (χ3n) is 2.66. The second kappa shape index (κ2) is 7.05. The van der Waals surface area contributed by atoms with E-state index in [-0.39, 0.29) is 5.82 Å². The van der Waals surface area contributed by atoms with E-state index in [0.29, 0.717) is 23.0 Å². The second-order valence-electron chi connectivity index (χ2n) is 4.03. The predicted octanol–water partition coefficient (Wildman–Crippen LogP) is 3.02. The lowest BCUT2D eigenvalue weighted by Crippen LogP contribution is -2.08. The van der Waals surface area contributed by atoms with Crippen molar-refractivity contribution in [3.8, 4) is 11.5 Å². The Morgan fingerprint density at radius 1 is 1.10 bits per heavy atom. The SMILES string of the molecule is COc1ccc(OCCS(=O)c2cccc(F)c2)cc1. The Morgan fingerprint density at radius 2 is 1.80 bits per heavy atom. The van der Waals surface area contributed by atoms with Crippen molar-refractivity contribution in [3.63, 3.8) is 0 Å². The van der Waals surface area contributed by atoms with Crippen LogP contribution in [0.2, 0.25) is 0 Å². The number of benzene rings is 2. The van der Waals surface area contributed by atoms with E-state index in [0.717, 1.165) is 5.75 Å². The van der Waals surface area contributed by atoms with Gasteiger partial charge in [-0.25, -0.2) is 4.39 Å². The first kappa shape index (κ1) is 14.5. The highest BCUT2D eigenvalue weighted by Gasteiger charge is 2.05. The summed E-state index contributed by atoms with van der Waals surface area (Å²) in [4.78, 5) is 0.475. The molecular formula is C15H15FO3S. The zero-order valence-corrected chi connectivity index (χ0v) is 11.9. The summed E-state index contributed by atoms with van der Waals surface area (Å²) in [6.45, 7) is 0.301. The van der Waals surface area contributed by atoms with Gasteiger partial charge in [0.05, 0.1) is 23.7 Å². The van der Waals surface area contributed by atoms with E-state index in [2.05, 4.69) is 0 Å². The molecule has 0 aromatic heterocycles. The van der Waals surface area contributed by atoms with Crippen LogP contribution in [0.15, 0.2) is 53.4 Å². The van der Waals surface area contributed by atoms with E-state index in [1.165, 1.54) is 12.1 Å². The molecule has 0 saturated heterocycles. The number of hydrogen-bond donors (Lipinski definition) is 0. The number of halogens is 1. The van der Waals surface area contributed by atoms with Crippen LogP contribution in [-0.2, 0) is 10.8 Å². The minimum atomic E-state index is -1.26. The molecule has 0 aliphatic carbocycles. The summed E-state index contributed by atoms with van der Waals surface area (Å²) in [7, 11) is 0.332. The molecule has 0 spiro atoms. The topological polar surface area (TPSA) is 35.5 Å². The Bertz CT molecular complexity index is 584. The van der Waals surface area contributed by atoms with Crippen LogP contribution in [0.25, 0.3) is 0 Å². The summed E-state index contributed by atoms with van der Waals surface area (Å²) in [5.74, 6) is 1.37. The van der Waals surface area contributed by atoms with Crippen LogP contribution in [0.5, 0.6) is 11.5 Å². The molecule has 0 amide bonds. The normalized spacial score (nSPS) is 11.9. The summed E-state index contributed by atoms with van der Waals surface area (Å²) in [5.41, 5.74) is 0. The van der Waals surface area contributed by atoms with Gasteiger partial charge in [0.1, 0.15) is 23.9 Å². The van der Waals surface area contributed by atoms with Crippen LogP contribution < -0.4 is 9.47 Å². The van der Waals surface area contributed by atoms with E-state index in [1.54, 1.807) is 43.5 Å². The lowest BCUT2D eigenvalue weighted by molar-refractivity contribution is 0.341. The Morgan fingerprint density at radius 3 is 2.45 bits per heavy atom. The smallest absolute Gasteiger partial charge is 0.124 e. The highest BCUT2D eigenvalue weighted by molar-refractivity contribution is 7.85. The third-order valence-corrected chi connectivity index (χ3v) is 3.97. The summed E-state index contributed by atoms with van der Waals surface area (Å²) >= 11 is 0. The Hall–Kier alpha value is -1.88. The Labute approximate surface area is 119 Å². The van der Waals surface area contributed by atoms with Gasteiger partial charge in [-0.2, -0.15) is 0 Å². The van der Waals surface area contributed by atoms with Crippen LogP contribution in [0.1, 0.15) is 0 Å². The molecule has 0 heterocycles. The maximum absolute atomic E-state index is 13.0. The summed E-state index contributed by atoms with van der Waals surface area (Å²) < 4.78 is 35.5. The van der Waals surface area contributed by atoms with Gasteiger partial charge < -0.3 is 9.47 Å². The van der Waals surface area contributed by atoms with Gasteiger partial charge in [0, 0.05) is 4.90 Å². The first-order valence-corrected chi connectivity index (χ1v) is 7.42. The predicted molar refractivity (Wildman–Crippen MR) is 76.2 cm³/mol. The minimum absolute atomic E-state index is 0.301. The molecule has 0 N–H and O–H groups in total. The van der Waals surface area contributed by atoms with Crippen molar-refractivity contribution in [3.05, 3.63) is 54.3 Å². The zero-order chi connectivity index (χ0) is 14.4. The molecular weight excluding hydrogens is 279 g/mol. The van der Waals surface area contributed by atoms with Gasteiger partial charge in [0.2, 0.25) is 0 Å². The molecule has 0 aliphatic heterocycles. The highest BCUT2D eigenvalue weighted by atomic mass is 32.2. The van der Waals surface area contributed by atoms with Crippen molar-refractivity contribution in [2.75, 3.05) is 19.5 Å². The molecule has 1 atom stereocenters. The molecule has 0 bridgehead atoms. The molecule has 0 aliphatic rings. The second-order valence-corrected chi connectivity index (χ2v) is 5.60. The van der Waals surface area contributed by atoms with Gasteiger partial charge in [0.25, 0.3) is 0 Å². The highest BCUT2D eigenvalue weighted by Crippen LogP contribution is 2.17. The molecule has 2 aromatic carbocycles. The fourth-order valence-corrected chi connectivity index (χ4v) is 2.58. The molecule has 20 heavy (non-hydrogen) atoms. The molecule has 0 radical (unpaired) electrons. The van der Waals surface area contributed by atoms with Crippen molar-refractivity contribution >= 4 is 10.8 Å². The number of rotatable bonds is 6. The molecule has 2 rings (SSSR count). The fourth-order valence-electron chi connectivity index (χ4n) is 1.63. The Kier molecular flexibility index (Phi) is 5.12. The molecule has 3 nitrogen and oxygen atoms in total. The summed E-state index contributed by atoms with van der Waals surface area (Å²) in [6, 6.07) is 12.9. The lowest BCUT2D eigenvalue weighted by Gasteiger charge is -2.07. The van der Waals surface area contributed by atoms with Crippen LogP contribution in [0.3, 0.4) is 0 Å². The van der Waals surface area contributed by atoms with E-state index in [4.69, 9.17) is 9.47 Å². The van der Waals surface area contributed by atoms with E-state index < -0.39 is 10.8 Å². The van der Waals surface area contributed by atoms with Crippen molar-refractivity contribution in [1.29, 1.82) is 0 Å². The summed E-state index contributed by atoms with van der Waals surface area (Å²) in [5, 5.41) is 0. The average molecular weight is 294 g/mol. The van der Waals surface area contributed by atoms with E-state index in [9.17, 15) is 8.60 Å². The van der Waals surface area contributed by atoms with Gasteiger partial charge in [-0.3, -0.25) is 4.21 Å². The van der Waals surface area contributed by atoms with Crippen LogP contribution >= 0.6 is 0 Å². The molecule has 1 unspecified atom stereocenters. The maximum Gasteiger partial charge on any atom is 0.124 e. The minimum Gasteiger partial charge on any atom is -0.497 e. The van der Waals surface area contributed by atoms with Crippen molar-refractivity contribution in [2.45, 2.75) is 4.90 Å². The third kappa shape index (κ3) is 4.06. The van der Waals surface area contributed by atoms with Crippen molar-refractivity contribution in [1.82, 2.24) is 0 Å². The average Bonchev–Trinajstić information content (AvgIpc) is 2.48. The monoisotopic (exact) mass is 294 g/mol. The number of hydrogen-bond acceptors (Lipinski definition) is 3. The number of methoxy groups -OCH3 is 1. The van der Waals surface area contributed by atoms with E-state index in [1.807, 2.05) is 0 Å². The van der Waals surface area contributed by atoms with Gasteiger partial charge in [-0.05, 0) is 42.5 Å². The van der Waals surface area contributed by atoms with Gasteiger partial charge in [0.15, 0.2) is 0 Å². The molecule has 0 fully saturated rings. The lowest BCUT2D eigenvalue weighted by atomic mass is 10.3. The first-order chi connectivity index (χ1) is 9.69. The molecule has 2 aromatic rings. The van der Waals surface area contributed by atoms with Gasteiger partial charge in [-0.15, -0.1) is 0 Å². The quantitative estimate of drug-likeness (QED) is 0.821. The van der Waals surface area contributed by atoms with Crippen molar-refractivity contribution < 1.29 is 18.1 Å². The fraction of sp³-hybridized carbons (Fsp3) is 0.200. The Balaban J connectivity index is 1.84. The zero-order valence-electron chi connectivity index (χ0n) is 11.0. The molecule has 106 valence electrons. The van der Waals surface area contributed by atoms with Crippen LogP contribution in [0, 0.1) is 5.82 Å². The summed E-state index contributed by atoms with van der Waals surface area (Å²) in [6.07, 6.45) is 0. The van der Waals surface area contributed by atoms with Crippen molar-refractivity contribution in [2.24, 2.45) is 0 Å².